The molecule has 0 amide bonds. The molecule has 4 heteroatoms. The Bertz CT molecular complexity index is 412. The van der Waals surface area contributed by atoms with Gasteiger partial charge in [-0.2, -0.15) is 5.26 Å². The van der Waals surface area contributed by atoms with E-state index in [1.54, 1.807) is 25.1 Å². The van der Waals surface area contributed by atoms with E-state index in [-0.39, 0.29) is 12.2 Å². The Morgan fingerprint density at radius 3 is 2.65 bits per heavy atom. The SMILES string of the molecule is CC(O)CCC(C)Oc1ccc(C#N)c(Cl)c1. The van der Waals surface area contributed by atoms with Gasteiger partial charge >= 0.3 is 0 Å². The zero-order valence-electron chi connectivity index (χ0n) is 9.98. The summed E-state index contributed by atoms with van der Waals surface area (Å²) in [5, 5.41) is 18.3. The van der Waals surface area contributed by atoms with Crippen molar-refractivity contribution in [3.05, 3.63) is 28.8 Å². The summed E-state index contributed by atoms with van der Waals surface area (Å²) < 4.78 is 5.64. The summed E-state index contributed by atoms with van der Waals surface area (Å²) in [5.41, 5.74) is 0.440. The minimum Gasteiger partial charge on any atom is -0.491 e. The Hall–Kier alpha value is -1.24. The molecule has 1 rings (SSSR count). The van der Waals surface area contributed by atoms with Crippen molar-refractivity contribution in [3.63, 3.8) is 0 Å². The number of aliphatic hydroxyl groups is 1. The molecule has 1 aromatic carbocycles. The minimum atomic E-state index is -0.314. The summed E-state index contributed by atoms with van der Waals surface area (Å²) in [6.07, 6.45) is 1.17. The van der Waals surface area contributed by atoms with Gasteiger partial charge in [-0.05, 0) is 38.8 Å². The molecule has 0 bridgehead atoms. The van der Waals surface area contributed by atoms with E-state index in [1.807, 2.05) is 13.0 Å². The van der Waals surface area contributed by atoms with E-state index in [1.165, 1.54) is 0 Å². The Morgan fingerprint density at radius 2 is 2.12 bits per heavy atom. The van der Waals surface area contributed by atoms with Crippen molar-refractivity contribution < 1.29 is 9.84 Å². The van der Waals surface area contributed by atoms with Crippen molar-refractivity contribution in [2.75, 3.05) is 0 Å². The third-order valence-corrected chi connectivity index (χ3v) is 2.70. The molecule has 0 spiro atoms. The maximum absolute atomic E-state index is 9.17. The monoisotopic (exact) mass is 253 g/mol. The van der Waals surface area contributed by atoms with Gasteiger partial charge in [0.25, 0.3) is 0 Å². The molecule has 1 aromatic rings. The molecule has 0 radical (unpaired) electrons. The van der Waals surface area contributed by atoms with Crippen molar-refractivity contribution in [1.29, 1.82) is 5.26 Å². The molecule has 0 aliphatic rings. The Morgan fingerprint density at radius 1 is 1.41 bits per heavy atom. The maximum Gasteiger partial charge on any atom is 0.121 e. The van der Waals surface area contributed by atoms with E-state index in [2.05, 4.69) is 0 Å². The van der Waals surface area contributed by atoms with Crippen molar-refractivity contribution in [3.8, 4) is 11.8 Å². The summed E-state index contributed by atoms with van der Waals surface area (Å²) in [4.78, 5) is 0. The topological polar surface area (TPSA) is 53.2 Å². The molecule has 0 heterocycles. The molecule has 3 nitrogen and oxygen atoms in total. The van der Waals surface area contributed by atoms with E-state index in [0.29, 0.717) is 22.8 Å². The summed E-state index contributed by atoms with van der Waals surface area (Å²) in [7, 11) is 0. The maximum atomic E-state index is 9.17. The van der Waals surface area contributed by atoms with Crippen LogP contribution in [0.2, 0.25) is 5.02 Å². The minimum absolute atomic E-state index is 0.00797. The van der Waals surface area contributed by atoms with Crippen LogP contribution in [0.25, 0.3) is 0 Å². The normalized spacial score (nSPS) is 13.8. The number of rotatable bonds is 5. The van der Waals surface area contributed by atoms with Gasteiger partial charge in [-0.3, -0.25) is 0 Å². The van der Waals surface area contributed by atoms with Gasteiger partial charge in [0.2, 0.25) is 0 Å². The predicted octanol–water partition coefficient (Wildman–Crippen LogP) is 3.14. The fourth-order valence-electron chi connectivity index (χ4n) is 1.43. The van der Waals surface area contributed by atoms with Crippen LogP contribution in [0.3, 0.4) is 0 Å². The third kappa shape index (κ3) is 4.64. The summed E-state index contributed by atoms with van der Waals surface area (Å²) in [6.45, 7) is 3.69. The molecule has 2 unspecified atom stereocenters. The summed E-state index contributed by atoms with van der Waals surface area (Å²) in [6, 6.07) is 7.00. The van der Waals surface area contributed by atoms with Crippen molar-refractivity contribution in [1.82, 2.24) is 0 Å². The van der Waals surface area contributed by atoms with Gasteiger partial charge in [0.15, 0.2) is 0 Å². The van der Waals surface area contributed by atoms with Gasteiger partial charge in [-0.25, -0.2) is 0 Å². The Balaban J connectivity index is 2.57. The number of aliphatic hydroxyl groups excluding tert-OH is 1. The quantitative estimate of drug-likeness (QED) is 0.877. The van der Waals surface area contributed by atoms with E-state index < -0.39 is 0 Å². The fraction of sp³-hybridized carbons (Fsp3) is 0.462. The molecule has 0 fully saturated rings. The van der Waals surface area contributed by atoms with E-state index >= 15 is 0 Å². The van der Waals surface area contributed by atoms with Crippen LogP contribution in [-0.2, 0) is 0 Å². The first kappa shape index (κ1) is 13.8. The lowest BCUT2D eigenvalue weighted by Gasteiger charge is -2.15. The molecule has 0 saturated carbocycles. The van der Waals surface area contributed by atoms with Crippen LogP contribution in [0, 0.1) is 11.3 Å². The molecule has 0 aliphatic heterocycles. The molecule has 2 atom stereocenters. The summed E-state index contributed by atoms with van der Waals surface area (Å²) in [5.74, 6) is 0.645. The first-order valence-corrected chi connectivity index (χ1v) is 5.95. The van der Waals surface area contributed by atoms with Gasteiger partial charge in [0.05, 0.1) is 22.8 Å². The standard InChI is InChI=1S/C13H16ClNO2/c1-9(16)3-4-10(2)17-12-6-5-11(8-15)13(14)7-12/h5-7,9-10,16H,3-4H2,1-2H3. The van der Waals surface area contributed by atoms with Crippen molar-refractivity contribution in [2.24, 2.45) is 0 Å². The highest BCUT2D eigenvalue weighted by atomic mass is 35.5. The number of nitriles is 1. The smallest absolute Gasteiger partial charge is 0.121 e. The third-order valence-electron chi connectivity index (χ3n) is 2.39. The molecule has 0 aliphatic carbocycles. The molecular weight excluding hydrogens is 238 g/mol. The first-order valence-electron chi connectivity index (χ1n) is 5.57. The predicted molar refractivity (Wildman–Crippen MR) is 67.2 cm³/mol. The lowest BCUT2D eigenvalue weighted by molar-refractivity contribution is 0.145. The average molecular weight is 254 g/mol. The lowest BCUT2D eigenvalue weighted by atomic mass is 10.1. The number of ether oxygens (including phenoxy) is 1. The highest BCUT2D eigenvalue weighted by Crippen LogP contribution is 2.23. The number of hydrogen-bond donors (Lipinski definition) is 1. The molecule has 0 saturated heterocycles. The zero-order chi connectivity index (χ0) is 12.8. The zero-order valence-corrected chi connectivity index (χ0v) is 10.7. The highest BCUT2D eigenvalue weighted by Gasteiger charge is 2.08. The second-order valence-corrected chi connectivity index (χ2v) is 4.52. The van der Waals surface area contributed by atoms with Crippen LogP contribution < -0.4 is 4.74 Å². The number of hydrogen-bond acceptors (Lipinski definition) is 3. The van der Waals surface area contributed by atoms with Crippen LogP contribution >= 0.6 is 11.6 Å². The van der Waals surface area contributed by atoms with E-state index in [9.17, 15) is 0 Å². The molecule has 1 N–H and O–H groups in total. The van der Waals surface area contributed by atoms with Gasteiger partial charge in [0.1, 0.15) is 11.8 Å². The lowest BCUT2D eigenvalue weighted by Crippen LogP contribution is -2.14. The van der Waals surface area contributed by atoms with Crippen LogP contribution in [-0.4, -0.2) is 17.3 Å². The second kappa shape index (κ2) is 6.48. The van der Waals surface area contributed by atoms with Crippen molar-refractivity contribution >= 4 is 11.6 Å². The number of nitrogens with zero attached hydrogens (tertiary/aromatic N) is 1. The van der Waals surface area contributed by atoms with Crippen LogP contribution in [0.1, 0.15) is 32.3 Å². The Labute approximate surface area is 107 Å². The van der Waals surface area contributed by atoms with E-state index in [4.69, 9.17) is 26.7 Å². The Kier molecular flexibility index (Phi) is 5.27. The van der Waals surface area contributed by atoms with Crippen LogP contribution in [0.5, 0.6) is 5.75 Å². The van der Waals surface area contributed by atoms with Crippen LogP contribution in [0.15, 0.2) is 18.2 Å². The van der Waals surface area contributed by atoms with Gasteiger partial charge < -0.3 is 9.84 Å². The van der Waals surface area contributed by atoms with Crippen molar-refractivity contribution in [2.45, 2.75) is 38.9 Å². The van der Waals surface area contributed by atoms with E-state index in [0.717, 1.165) is 6.42 Å². The molecular formula is C13H16ClNO2. The molecule has 17 heavy (non-hydrogen) atoms. The summed E-state index contributed by atoms with van der Waals surface area (Å²) >= 11 is 5.90. The van der Waals surface area contributed by atoms with Gasteiger partial charge in [-0.15, -0.1) is 0 Å². The highest BCUT2D eigenvalue weighted by molar-refractivity contribution is 6.31. The largest absolute Gasteiger partial charge is 0.491 e. The van der Waals surface area contributed by atoms with Gasteiger partial charge in [-0.1, -0.05) is 11.6 Å². The van der Waals surface area contributed by atoms with Gasteiger partial charge in [0, 0.05) is 6.07 Å². The number of benzene rings is 1. The average Bonchev–Trinajstić information content (AvgIpc) is 2.26. The first-order chi connectivity index (χ1) is 8.02. The molecule has 92 valence electrons. The van der Waals surface area contributed by atoms with Crippen LogP contribution in [0.4, 0.5) is 0 Å². The fourth-order valence-corrected chi connectivity index (χ4v) is 1.64. The second-order valence-electron chi connectivity index (χ2n) is 4.11. The number of halogens is 1. The molecule has 0 aromatic heterocycles.